The highest BCUT2D eigenvalue weighted by Gasteiger charge is 2.10. The second-order valence-electron chi connectivity index (χ2n) is 6.17. The van der Waals surface area contributed by atoms with E-state index in [0.29, 0.717) is 6.61 Å². The van der Waals surface area contributed by atoms with Crippen molar-refractivity contribution in [2.45, 2.75) is 39.5 Å². The number of benzene rings is 2. The minimum Gasteiger partial charge on any atom is -0.493 e. The molecule has 0 fully saturated rings. The van der Waals surface area contributed by atoms with E-state index >= 15 is 0 Å². The largest absolute Gasteiger partial charge is 0.493 e. The Hall–Kier alpha value is -1.75. The van der Waals surface area contributed by atoms with Gasteiger partial charge in [0, 0.05) is 18.7 Å². The Morgan fingerprint density at radius 3 is 2.46 bits per heavy atom. The Morgan fingerprint density at radius 2 is 1.77 bits per heavy atom. The maximum Gasteiger partial charge on any atom is 0.166 e. The van der Waals surface area contributed by atoms with Gasteiger partial charge in [-0.25, -0.2) is 0 Å². The molecule has 0 aliphatic rings. The smallest absolute Gasteiger partial charge is 0.166 e. The Kier molecular flexibility index (Phi) is 10.8. The SMILES string of the molecule is COc1cccc(CNCCCOC(C)C)c1OCc1ccccc1.Cl. The predicted octanol–water partition coefficient (Wildman–Crippen LogP) is 4.60. The fraction of sp³-hybridized carbons (Fsp3) is 0.429. The Morgan fingerprint density at radius 1 is 1.00 bits per heavy atom. The van der Waals surface area contributed by atoms with Crippen molar-refractivity contribution in [1.29, 1.82) is 0 Å². The van der Waals surface area contributed by atoms with Gasteiger partial charge in [0.05, 0.1) is 13.2 Å². The zero-order valence-corrected chi connectivity index (χ0v) is 16.7. The lowest BCUT2D eigenvalue weighted by Crippen LogP contribution is -2.18. The van der Waals surface area contributed by atoms with E-state index in [1.807, 2.05) is 30.3 Å². The summed E-state index contributed by atoms with van der Waals surface area (Å²) in [5.41, 5.74) is 2.23. The van der Waals surface area contributed by atoms with E-state index in [1.165, 1.54) is 0 Å². The zero-order valence-electron chi connectivity index (χ0n) is 15.9. The monoisotopic (exact) mass is 379 g/mol. The first-order valence-corrected chi connectivity index (χ1v) is 8.85. The molecule has 0 saturated carbocycles. The van der Waals surface area contributed by atoms with E-state index in [9.17, 15) is 0 Å². The van der Waals surface area contributed by atoms with Gasteiger partial charge in [0.25, 0.3) is 0 Å². The molecule has 0 atom stereocenters. The number of methoxy groups -OCH3 is 1. The van der Waals surface area contributed by atoms with Gasteiger partial charge in [-0.15, -0.1) is 12.4 Å². The highest BCUT2D eigenvalue weighted by atomic mass is 35.5. The molecule has 1 N–H and O–H groups in total. The lowest BCUT2D eigenvalue weighted by atomic mass is 10.1. The molecule has 26 heavy (non-hydrogen) atoms. The Balaban J connectivity index is 0.00000338. The number of hydrogen-bond acceptors (Lipinski definition) is 4. The number of para-hydroxylation sites is 1. The summed E-state index contributed by atoms with van der Waals surface area (Å²) in [6, 6.07) is 16.1. The number of rotatable bonds is 11. The van der Waals surface area contributed by atoms with Crippen molar-refractivity contribution < 1.29 is 14.2 Å². The third-order valence-electron chi connectivity index (χ3n) is 3.77. The highest BCUT2D eigenvalue weighted by Crippen LogP contribution is 2.31. The molecule has 2 rings (SSSR count). The van der Waals surface area contributed by atoms with Gasteiger partial charge >= 0.3 is 0 Å². The molecular formula is C21H30ClNO3. The molecule has 0 aromatic heterocycles. The summed E-state index contributed by atoms with van der Waals surface area (Å²) in [5.74, 6) is 1.57. The van der Waals surface area contributed by atoms with Gasteiger partial charge in [0.2, 0.25) is 0 Å². The van der Waals surface area contributed by atoms with Crippen molar-refractivity contribution in [3.05, 3.63) is 59.7 Å². The minimum absolute atomic E-state index is 0. The van der Waals surface area contributed by atoms with Crippen molar-refractivity contribution in [3.63, 3.8) is 0 Å². The molecule has 0 amide bonds. The molecule has 2 aromatic carbocycles. The van der Waals surface area contributed by atoms with Crippen molar-refractivity contribution in [2.75, 3.05) is 20.3 Å². The molecular weight excluding hydrogens is 350 g/mol. The van der Waals surface area contributed by atoms with E-state index in [1.54, 1.807) is 7.11 Å². The Bertz CT molecular complexity index is 620. The van der Waals surface area contributed by atoms with E-state index < -0.39 is 0 Å². The van der Waals surface area contributed by atoms with Crippen LogP contribution >= 0.6 is 12.4 Å². The van der Waals surface area contributed by atoms with Crippen molar-refractivity contribution in [3.8, 4) is 11.5 Å². The van der Waals surface area contributed by atoms with E-state index in [2.05, 4.69) is 37.4 Å². The van der Waals surface area contributed by atoms with Gasteiger partial charge in [-0.2, -0.15) is 0 Å². The van der Waals surface area contributed by atoms with Crippen LogP contribution in [0.25, 0.3) is 0 Å². The fourth-order valence-electron chi connectivity index (χ4n) is 2.49. The Labute approximate surface area is 163 Å². The van der Waals surface area contributed by atoms with Crippen molar-refractivity contribution >= 4 is 12.4 Å². The van der Waals surface area contributed by atoms with Gasteiger partial charge in [-0.3, -0.25) is 0 Å². The first-order chi connectivity index (χ1) is 12.2. The molecule has 0 unspecified atom stereocenters. The number of ether oxygens (including phenoxy) is 3. The van der Waals surface area contributed by atoms with Gasteiger partial charge in [0.1, 0.15) is 6.61 Å². The standard InChI is InChI=1S/C21H29NO3.ClH/c1-17(2)24-14-8-13-22-15-19-11-7-12-20(23-3)21(19)25-16-18-9-5-4-6-10-18;/h4-7,9-12,17,22H,8,13-16H2,1-3H3;1H. The van der Waals surface area contributed by atoms with Gasteiger partial charge in [-0.05, 0) is 38.4 Å². The van der Waals surface area contributed by atoms with Crippen LogP contribution in [0.3, 0.4) is 0 Å². The van der Waals surface area contributed by atoms with Crippen molar-refractivity contribution in [2.24, 2.45) is 0 Å². The summed E-state index contributed by atoms with van der Waals surface area (Å²) in [6.07, 6.45) is 1.28. The van der Waals surface area contributed by atoms with Crippen LogP contribution in [0.15, 0.2) is 48.5 Å². The van der Waals surface area contributed by atoms with Crippen LogP contribution in [-0.4, -0.2) is 26.4 Å². The van der Waals surface area contributed by atoms with Gasteiger partial charge in [0.15, 0.2) is 11.5 Å². The first kappa shape index (κ1) is 22.3. The first-order valence-electron chi connectivity index (χ1n) is 8.85. The molecule has 0 radical (unpaired) electrons. The average molecular weight is 380 g/mol. The summed E-state index contributed by atoms with van der Waals surface area (Å²) in [6.45, 7) is 7.06. The molecule has 5 heteroatoms. The van der Waals surface area contributed by atoms with E-state index in [-0.39, 0.29) is 18.5 Å². The highest BCUT2D eigenvalue weighted by molar-refractivity contribution is 5.85. The molecule has 4 nitrogen and oxygen atoms in total. The molecule has 0 bridgehead atoms. The van der Waals surface area contributed by atoms with E-state index in [4.69, 9.17) is 14.2 Å². The van der Waals surface area contributed by atoms with Crippen LogP contribution in [0, 0.1) is 0 Å². The molecule has 2 aromatic rings. The van der Waals surface area contributed by atoms with Crippen LogP contribution in [0.5, 0.6) is 11.5 Å². The summed E-state index contributed by atoms with van der Waals surface area (Å²) in [4.78, 5) is 0. The third kappa shape index (κ3) is 7.65. The third-order valence-corrected chi connectivity index (χ3v) is 3.77. The summed E-state index contributed by atoms with van der Waals surface area (Å²) in [7, 11) is 1.67. The second kappa shape index (κ2) is 12.6. The number of hydrogen-bond donors (Lipinski definition) is 1. The maximum absolute atomic E-state index is 6.07. The lowest BCUT2D eigenvalue weighted by molar-refractivity contribution is 0.0770. The number of halogens is 1. The van der Waals surface area contributed by atoms with Gasteiger partial charge in [-0.1, -0.05) is 42.5 Å². The predicted molar refractivity (Wildman–Crippen MR) is 108 cm³/mol. The molecule has 0 saturated heterocycles. The zero-order chi connectivity index (χ0) is 17.9. The second-order valence-corrected chi connectivity index (χ2v) is 6.17. The normalized spacial score (nSPS) is 10.5. The minimum atomic E-state index is 0. The lowest BCUT2D eigenvalue weighted by Gasteiger charge is -2.16. The van der Waals surface area contributed by atoms with Crippen LogP contribution in [0.4, 0.5) is 0 Å². The fourth-order valence-corrected chi connectivity index (χ4v) is 2.49. The quantitative estimate of drug-likeness (QED) is 0.579. The average Bonchev–Trinajstić information content (AvgIpc) is 2.63. The van der Waals surface area contributed by atoms with Crippen molar-refractivity contribution in [1.82, 2.24) is 5.32 Å². The van der Waals surface area contributed by atoms with Crippen LogP contribution in [-0.2, 0) is 17.9 Å². The molecule has 0 heterocycles. The summed E-state index contributed by atoms with van der Waals surface area (Å²) >= 11 is 0. The molecule has 0 aliphatic carbocycles. The topological polar surface area (TPSA) is 39.7 Å². The summed E-state index contributed by atoms with van der Waals surface area (Å²) < 4.78 is 17.1. The van der Waals surface area contributed by atoms with Crippen LogP contribution in [0.2, 0.25) is 0 Å². The summed E-state index contributed by atoms with van der Waals surface area (Å²) in [5, 5.41) is 3.45. The molecule has 144 valence electrons. The molecule has 0 spiro atoms. The maximum atomic E-state index is 6.07. The van der Waals surface area contributed by atoms with E-state index in [0.717, 1.165) is 48.7 Å². The van der Waals surface area contributed by atoms with Crippen LogP contribution < -0.4 is 14.8 Å². The van der Waals surface area contributed by atoms with Gasteiger partial charge < -0.3 is 19.5 Å². The molecule has 0 aliphatic heterocycles. The number of nitrogens with one attached hydrogen (secondary N) is 1. The van der Waals surface area contributed by atoms with Crippen LogP contribution in [0.1, 0.15) is 31.4 Å².